The van der Waals surface area contributed by atoms with Crippen molar-refractivity contribution in [2.45, 2.75) is 25.3 Å². The monoisotopic (exact) mass is 305 g/mol. The fourth-order valence-electron chi connectivity index (χ4n) is 2.18. The van der Waals surface area contributed by atoms with Crippen LogP contribution in [0.4, 0.5) is 10.5 Å². The van der Waals surface area contributed by atoms with Crippen LogP contribution < -0.4 is 5.32 Å². The molecular formula is C14H15N3O3S. The largest absolute Gasteiger partial charge is 0.481 e. The molecule has 1 aliphatic rings. The van der Waals surface area contributed by atoms with Crippen LogP contribution in [0.1, 0.15) is 19.3 Å². The van der Waals surface area contributed by atoms with E-state index in [9.17, 15) is 9.59 Å². The summed E-state index contributed by atoms with van der Waals surface area (Å²) in [7, 11) is 0. The number of thiazole rings is 1. The first-order chi connectivity index (χ1) is 10.1. The average molecular weight is 305 g/mol. The number of rotatable bonds is 5. The second-order valence-electron chi connectivity index (χ2n) is 5.03. The fraction of sp³-hybridized carbons (Fsp3) is 0.357. The van der Waals surface area contributed by atoms with Crippen molar-refractivity contribution in [3.05, 3.63) is 23.7 Å². The summed E-state index contributed by atoms with van der Waals surface area (Å²) in [6.07, 6.45) is 1.86. The van der Waals surface area contributed by atoms with Crippen molar-refractivity contribution < 1.29 is 14.7 Å². The van der Waals surface area contributed by atoms with Crippen LogP contribution in [-0.4, -0.2) is 39.6 Å². The van der Waals surface area contributed by atoms with Crippen LogP contribution in [0, 0.1) is 0 Å². The van der Waals surface area contributed by atoms with E-state index in [4.69, 9.17) is 5.11 Å². The zero-order valence-electron chi connectivity index (χ0n) is 11.3. The van der Waals surface area contributed by atoms with Crippen LogP contribution in [0.3, 0.4) is 0 Å². The number of carbonyl (C=O) groups excluding carboxylic acids is 1. The van der Waals surface area contributed by atoms with Gasteiger partial charge in [-0.25, -0.2) is 9.78 Å². The lowest BCUT2D eigenvalue weighted by molar-refractivity contribution is -0.137. The van der Waals surface area contributed by atoms with E-state index in [2.05, 4.69) is 10.3 Å². The average Bonchev–Trinajstić information content (AvgIpc) is 3.16. The van der Waals surface area contributed by atoms with Gasteiger partial charge in [0.1, 0.15) is 0 Å². The van der Waals surface area contributed by atoms with Gasteiger partial charge in [-0.2, -0.15) is 0 Å². The van der Waals surface area contributed by atoms with E-state index in [-0.39, 0.29) is 25.0 Å². The molecule has 1 fully saturated rings. The number of urea groups is 1. The van der Waals surface area contributed by atoms with E-state index in [0.29, 0.717) is 5.69 Å². The van der Waals surface area contributed by atoms with Crippen molar-refractivity contribution in [3.63, 3.8) is 0 Å². The van der Waals surface area contributed by atoms with E-state index in [0.717, 1.165) is 23.1 Å². The van der Waals surface area contributed by atoms with Crippen molar-refractivity contribution in [1.29, 1.82) is 0 Å². The third kappa shape index (κ3) is 3.30. The first-order valence-corrected chi connectivity index (χ1v) is 7.64. The molecule has 110 valence electrons. The Morgan fingerprint density at radius 2 is 2.24 bits per heavy atom. The second-order valence-corrected chi connectivity index (χ2v) is 5.92. The molecule has 0 spiro atoms. The number of nitrogens with one attached hydrogen (secondary N) is 1. The first-order valence-electron chi connectivity index (χ1n) is 6.76. The van der Waals surface area contributed by atoms with Gasteiger partial charge < -0.3 is 15.3 Å². The molecule has 0 radical (unpaired) electrons. The number of carboxylic acids is 1. The Balaban J connectivity index is 1.69. The van der Waals surface area contributed by atoms with Gasteiger partial charge in [-0.1, -0.05) is 0 Å². The van der Waals surface area contributed by atoms with E-state index < -0.39 is 5.97 Å². The molecule has 6 nitrogen and oxygen atoms in total. The van der Waals surface area contributed by atoms with E-state index in [1.54, 1.807) is 10.4 Å². The smallest absolute Gasteiger partial charge is 0.322 e. The van der Waals surface area contributed by atoms with Gasteiger partial charge in [-0.3, -0.25) is 4.79 Å². The standard InChI is InChI=1S/C14H15N3O3S/c18-13(19)5-6-17(10-2-3-10)14(20)16-9-1-4-11-12(7-9)21-8-15-11/h1,4,7-8,10H,2-3,5-6H2,(H,16,20)(H,18,19). The third-order valence-electron chi connectivity index (χ3n) is 3.40. The Labute approximate surface area is 125 Å². The number of hydrogen-bond donors (Lipinski definition) is 2. The molecular weight excluding hydrogens is 290 g/mol. The summed E-state index contributed by atoms with van der Waals surface area (Å²) < 4.78 is 1.01. The molecule has 2 aromatic rings. The number of carbonyl (C=O) groups is 2. The molecule has 1 saturated carbocycles. The normalized spacial score (nSPS) is 14.1. The van der Waals surface area contributed by atoms with Crippen LogP contribution in [-0.2, 0) is 4.79 Å². The van der Waals surface area contributed by atoms with Crippen molar-refractivity contribution >= 4 is 39.2 Å². The highest BCUT2D eigenvalue weighted by molar-refractivity contribution is 7.16. The molecule has 0 unspecified atom stereocenters. The molecule has 2 amide bonds. The molecule has 0 atom stereocenters. The number of carboxylic acid groups (broad SMARTS) is 1. The molecule has 1 aliphatic carbocycles. The number of aromatic nitrogens is 1. The third-order valence-corrected chi connectivity index (χ3v) is 4.19. The molecule has 7 heteroatoms. The summed E-state index contributed by atoms with van der Waals surface area (Å²) in [5, 5.41) is 11.6. The molecule has 0 saturated heterocycles. The maximum Gasteiger partial charge on any atom is 0.322 e. The van der Waals surface area contributed by atoms with Gasteiger partial charge in [0.25, 0.3) is 0 Å². The minimum atomic E-state index is -0.889. The number of benzene rings is 1. The minimum absolute atomic E-state index is 0.0300. The topological polar surface area (TPSA) is 82.5 Å². The number of fused-ring (bicyclic) bond motifs is 1. The predicted molar refractivity (Wildman–Crippen MR) is 80.6 cm³/mol. The quantitative estimate of drug-likeness (QED) is 0.890. The summed E-state index contributed by atoms with van der Waals surface area (Å²) in [6, 6.07) is 5.49. The molecule has 0 bridgehead atoms. The van der Waals surface area contributed by atoms with Crippen LogP contribution in [0.5, 0.6) is 0 Å². The summed E-state index contributed by atoms with van der Waals surface area (Å²) in [6.45, 7) is 0.245. The van der Waals surface area contributed by atoms with Crippen molar-refractivity contribution in [3.8, 4) is 0 Å². The van der Waals surface area contributed by atoms with Gasteiger partial charge in [0.2, 0.25) is 0 Å². The molecule has 1 heterocycles. The van der Waals surface area contributed by atoms with Gasteiger partial charge in [-0.05, 0) is 31.0 Å². The Morgan fingerprint density at radius 1 is 1.43 bits per heavy atom. The number of nitrogens with zero attached hydrogens (tertiary/aromatic N) is 2. The zero-order valence-corrected chi connectivity index (χ0v) is 12.1. The molecule has 0 aliphatic heterocycles. The van der Waals surface area contributed by atoms with Crippen molar-refractivity contribution in [1.82, 2.24) is 9.88 Å². The van der Waals surface area contributed by atoms with Crippen molar-refractivity contribution in [2.24, 2.45) is 0 Å². The summed E-state index contributed by atoms with van der Waals surface area (Å²) in [5.41, 5.74) is 3.38. The maximum absolute atomic E-state index is 12.3. The molecule has 1 aromatic carbocycles. The number of hydrogen-bond acceptors (Lipinski definition) is 4. The van der Waals surface area contributed by atoms with Crippen LogP contribution in [0.15, 0.2) is 23.7 Å². The molecule has 2 N–H and O–H groups in total. The molecule has 21 heavy (non-hydrogen) atoms. The Morgan fingerprint density at radius 3 is 2.95 bits per heavy atom. The summed E-state index contributed by atoms with van der Waals surface area (Å²) >= 11 is 1.52. The SMILES string of the molecule is O=C(O)CCN(C(=O)Nc1ccc2ncsc2c1)C1CC1. The van der Waals surface area contributed by atoms with E-state index in [1.165, 1.54) is 11.3 Å². The van der Waals surface area contributed by atoms with Crippen molar-refractivity contribution in [2.75, 3.05) is 11.9 Å². The highest BCUT2D eigenvalue weighted by Gasteiger charge is 2.32. The van der Waals surface area contributed by atoms with Gasteiger partial charge in [0.05, 0.1) is 22.1 Å². The van der Waals surface area contributed by atoms with Gasteiger partial charge >= 0.3 is 12.0 Å². The zero-order chi connectivity index (χ0) is 14.8. The van der Waals surface area contributed by atoms with E-state index in [1.807, 2.05) is 18.2 Å². The van der Waals surface area contributed by atoms with Gasteiger partial charge in [-0.15, -0.1) is 11.3 Å². The highest BCUT2D eigenvalue weighted by atomic mass is 32.1. The molecule has 3 rings (SSSR count). The fourth-order valence-corrected chi connectivity index (χ4v) is 2.90. The second kappa shape index (κ2) is 5.69. The lowest BCUT2D eigenvalue weighted by Crippen LogP contribution is -2.38. The van der Waals surface area contributed by atoms with Gasteiger partial charge in [0.15, 0.2) is 0 Å². The Bertz CT molecular complexity index is 681. The van der Waals surface area contributed by atoms with E-state index >= 15 is 0 Å². The first kappa shape index (κ1) is 13.8. The number of amides is 2. The highest BCUT2D eigenvalue weighted by Crippen LogP contribution is 2.28. The van der Waals surface area contributed by atoms with Gasteiger partial charge in [0, 0.05) is 18.3 Å². The minimum Gasteiger partial charge on any atom is -0.481 e. The molecule has 1 aromatic heterocycles. The van der Waals surface area contributed by atoms with Crippen LogP contribution in [0.2, 0.25) is 0 Å². The number of aliphatic carboxylic acids is 1. The Hall–Kier alpha value is -2.15. The maximum atomic E-state index is 12.3. The lowest BCUT2D eigenvalue weighted by Gasteiger charge is -2.22. The number of anilines is 1. The summed E-state index contributed by atoms with van der Waals surface area (Å²) in [5.74, 6) is -0.889. The Kier molecular flexibility index (Phi) is 3.74. The lowest BCUT2D eigenvalue weighted by atomic mass is 10.3. The van der Waals surface area contributed by atoms with Crippen LogP contribution >= 0.6 is 11.3 Å². The predicted octanol–water partition coefficient (Wildman–Crippen LogP) is 2.77. The van der Waals surface area contributed by atoms with Crippen LogP contribution in [0.25, 0.3) is 10.2 Å². The summed E-state index contributed by atoms with van der Waals surface area (Å²) in [4.78, 5) is 28.8.